The van der Waals surface area contributed by atoms with Crippen LogP contribution in [0.15, 0.2) is 6.07 Å². The second-order valence-electron chi connectivity index (χ2n) is 6.29. The van der Waals surface area contributed by atoms with Crippen LogP contribution in [-0.2, 0) is 0 Å². The lowest BCUT2D eigenvalue weighted by Gasteiger charge is -2.36. The van der Waals surface area contributed by atoms with Crippen molar-refractivity contribution >= 4 is 23.2 Å². The highest BCUT2D eigenvalue weighted by molar-refractivity contribution is 6.33. The predicted molar refractivity (Wildman–Crippen MR) is 76.2 cm³/mol. The molecule has 0 radical (unpaired) electrons. The van der Waals surface area contributed by atoms with E-state index in [2.05, 4.69) is 30.7 Å². The van der Waals surface area contributed by atoms with E-state index in [-0.39, 0.29) is 0 Å². The lowest BCUT2D eigenvalue weighted by Crippen LogP contribution is -2.25. The molecule has 0 saturated heterocycles. The quantitative estimate of drug-likeness (QED) is 0.671. The summed E-state index contributed by atoms with van der Waals surface area (Å²) in [6.45, 7) is 6.97. The highest BCUT2D eigenvalue weighted by Crippen LogP contribution is 2.42. The first kappa shape index (κ1) is 14.1. The van der Waals surface area contributed by atoms with Gasteiger partial charge >= 0.3 is 0 Å². The summed E-state index contributed by atoms with van der Waals surface area (Å²) in [6, 6.07) is 1.59. The molecule has 0 N–H and O–H groups in total. The van der Waals surface area contributed by atoms with Crippen LogP contribution in [0, 0.1) is 11.3 Å². The smallest absolute Gasteiger partial charge is 0.134 e. The van der Waals surface area contributed by atoms with Crippen LogP contribution in [0.2, 0.25) is 10.3 Å². The average molecular weight is 287 g/mol. The number of halogens is 2. The molecule has 1 fully saturated rings. The van der Waals surface area contributed by atoms with Gasteiger partial charge in [-0.2, -0.15) is 0 Å². The summed E-state index contributed by atoms with van der Waals surface area (Å²) in [7, 11) is 0. The van der Waals surface area contributed by atoms with Gasteiger partial charge in [0.1, 0.15) is 16.1 Å². The number of nitrogens with zero attached hydrogens (tertiary/aromatic N) is 2. The third kappa shape index (κ3) is 3.36. The van der Waals surface area contributed by atoms with Crippen molar-refractivity contribution in [1.82, 2.24) is 9.97 Å². The Balaban J connectivity index is 2.05. The molecule has 0 aliphatic heterocycles. The van der Waals surface area contributed by atoms with E-state index in [1.165, 1.54) is 12.8 Å². The van der Waals surface area contributed by atoms with E-state index in [0.29, 0.717) is 21.6 Å². The molecule has 1 aromatic rings. The zero-order valence-electron chi connectivity index (χ0n) is 11.2. The minimum atomic E-state index is 0.401. The van der Waals surface area contributed by atoms with Crippen LogP contribution in [0.5, 0.6) is 0 Å². The van der Waals surface area contributed by atoms with Gasteiger partial charge in [0.25, 0.3) is 0 Å². The van der Waals surface area contributed by atoms with Gasteiger partial charge in [-0.15, -0.1) is 0 Å². The van der Waals surface area contributed by atoms with Crippen molar-refractivity contribution in [3.05, 3.63) is 22.2 Å². The SMILES string of the molecule is CC(C)(C)C1CCC(c2nc(Cl)cc(Cl)n2)CC1. The fourth-order valence-corrected chi connectivity index (χ4v) is 3.24. The number of hydrogen-bond donors (Lipinski definition) is 0. The summed E-state index contributed by atoms with van der Waals surface area (Å²) in [5.41, 5.74) is 0.401. The Hall–Kier alpha value is -0.340. The Morgan fingerprint density at radius 2 is 1.50 bits per heavy atom. The van der Waals surface area contributed by atoms with Gasteiger partial charge in [0, 0.05) is 12.0 Å². The summed E-state index contributed by atoms with van der Waals surface area (Å²) in [5, 5.41) is 0.894. The Morgan fingerprint density at radius 3 is 1.94 bits per heavy atom. The van der Waals surface area contributed by atoms with E-state index in [9.17, 15) is 0 Å². The molecule has 0 atom stereocenters. The molecule has 0 aromatic carbocycles. The van der Waals surface area contributed by atoms with Gasteiger partial charge in [-0.25, -0.2) is 9.97 Å². The van der Waals surface area contributed by atoms with Crippen molar-refractivity contribution in [1.29, 1.82) is 0 Å². The Labute approximate surface area is 119 Å². The van der Waals surface area contributed by atoms with Gasteiger partial charge in [-0.05, 0) is 37.0 Å². The summed E-state index contributed by atoms with van der Waals surface area (Å²) in [4.78, 5) is 8.63. The Bertz CT molecular complexity index is 398. The monoisotopic (exact) mass is 286 g/mol. The first-order chi connectivity index (χ1) is 8.36. The number of aromatic nitrogens is 2. The zero-order chi connectivity index (χ0) is 13.3. The van der Waals surface area contributed by atoms with Gasteiger partial charge in [0.05, 0.1) is 0 Å². The summed E-state index contributed by atoms with van der Waals surface area (Å²) < 4.78 is 0. The van der Waals surface area contributed by atoms with Crippen molar-refractivity contribution in [2.24, 2.45) is 11.3 Å². The zero-order valence-corrected chi connectivity index (χ0v) is 12.7. The van der Waals surface area contributed by atoms with Crippen molar-refractivity contribution in [2.45, 2.75) is 52.4 Å². The molecule has 1 heterocycles. The highest BCUT2D eigenvalue weighted by Gasteiger charge is 2.31. The first-order valence-electron chi connectivity index (χ1n) is 6.56. The molecule has 1 aromatic heterocycles. The van der Waals surface area contributed by atoms with Gasteiger partial charge in [0.15, 0.2) is 0 Å². The largest absolute Gasteiger partial charge is 0.221 e. The Morgan fingerprint density at radius 1 is 1.00 bits per heavy atom. The molecule has 0 bridgehead atoms. The van der Waals surface area contributed by atoms with Crippen LogP contribution >= 0.6 is 23.2 Å². The van der Waals surface area contributed by atoms with E-state index in [0.717, 1.165) is 24.6 Å². The van der Waals surface area contributed by atoms with Crippen LogP contribution in [0.3, 0.4) is 0 Å². The van der Waals surface area contributed by atoms with Gasteiger partial charge in [0.2, 0.25) is 0 Å². The van der Waals surface area contributed by atoms with E-state index < -0.39 is 0 Å². The maximum Gasteiger partial charge on any atom is 0.134 e. The molecule has 2 rings (SSSR count). The maximum absolute atomic E-state index is 5.94. The second kappa shape index (κ2) is 5.34. The fraction of sp³-hybridized carbons (Fsp3) is 0.714. The third-order valence-corrected chi connectivity index (χ3v) is 4.39. The minimum absolute atomic E-state index is 0.401. The summed E-state index contributed by atoms with van der Waals surface area (Å²) in [5.74, 6) is 2.03. The molecular formula is C14H20Cl2N2. The van der Waals surface area contributed by atoms with Crippen LogP contribution < -0.4 is 0 Å². The van der Waals surface area contributed by atoms with Crippen LogP contribution in [-0.4, -0.2) is 9.97 Å². The third-order valence-electron chi connectivity index (χ3n) is 4.00. The van der Waals surface area contributed by atoms with Crippen molar-refractivity contribution in [3.8, 4) is 0 Å². The molecule has 100 valence electrons. The van der Waals surface area contributed by atoms with E-state index in [4.69, 9.17) is 23.2 Å². The van der Waals surface area contributed by atoms with Crippen molar-refractivity contribution in [3.63, 3.8) is 0 Å². The topological polar surface area (TPSA) is 25.8 Å². The second-order valence-corrected chi connectivity index (χ2v) is 7.06. The van der Waals surface area contributed by atoms with E-state index >= 15 is 0 Å². The normalized spacial score (nSPS) is 25.2. The van der Waals surface area contributed by atoms with Crippen LogP contribution in [0.4, 0.5) is 0 Å². The first-order valence-corrected chi connectivity index (χ1v) is 7.32. The van der Waals surface area contributed by atoms with E-state index in [1.807, 2.05) is 0 Å². The molecule has 0 spiro atoms. The molecule has 0 unspecified atom stereocenters. The molecule has 2 nitrogen and oxygen atoms in total. The maximum atomic E-state index is 5.94. The average Bonchev–Trinajstić information content (AvgIpc) is 2.27. The minimum Gasteiger partial charge on any atom is -0.221 e. The van der Waals surface area contributed by atoms with Gasteiger partial charge in [-0.1, -0.05) is 44.0 Å². The molecule has 0 amide bonds. The van der Waals surface area contributed by atoms with Crippen molar-refractivity contribution in [2.75, 3.05) is 0 Å². The fourth-order valence-electron chi connectivity index (χ4n) is 2.81. The van der Waals surface area contributed by atoms with Crippen LogP contribution in [0.25, 0.3) is 0 Å². The lowest BCUT2D eigenvalue weighted by molar-refractivity contribution is 0.167. The molecule has 1 aliphatic rings. The summed E-state index contributed by atoms with van der Waals surface area (Å²) in [6.07, 6.45) is 4.75. The molecule has 1 aliphatic carbocycles. The van der Waals surface area contributed by atoms with E-state index in [1.54, 1.807) is 6.07 Å². The molecular weight excluding hydrogens is 267 g/mol. The lowest BCUT2D eigenvalue weighted by atomic mass is 9.70. The number of rotatable bonds is 1. The highest BCUT2D eigenvalue weighted by atomic mass is 35.5. The van der Waals surface area contributed by atoms with Crippen LogP contribution in [0.1, 0.15) is 58.2 Å². The number of hydrogen-bond acceptors (Lipinski definition) is 2. The van der Waals surface area contributed by atoms with Gasteiger partial charge < -0.3 is 0 Å². The predicted octanol–water partition coefficient (Wildman–Crippen LogP) is 5.10. The van der Waals surface area contributed by atoms with Crippen molar-refractivity contribution < 1.29 is 0 Å². The van der Waals surface area contributed by atoms with Gasteiger partial charge in [-0.3, -0.25) is 0 Å². The molecule has 18 heavy (non-hydrogen) atoms. The Kier molecular flexibility index (Phi) is 4.18. The molecule has 4 heteroatoms. The molecule has 1 saturated carbocycles. The summed E-state index contributed by atoms with van der Waals surface area (Å²) >= 11 is 11.9. The standard InChI is InChI=1S/C14H20Cl2N2/c1-14(2,3)10-6-4-9(5-7-10)13-17-11(15)8-12(16)18-13/h8-10H,4-7H2,1-3H3.